The van der Waals surface area contributed by atoms with E-state index in [1.807, 2.05) is 24.7 Å². The quantitative estimate of drug-likeness (QED) is 0.622. The monoisotopic (exact) mass is 181 g/mol. The van der Waals surface area contributed by atoms with Crippen molar-refractivity contribution in [2.75, 3.05) is 0 Å². The van der Waals surface area contributed by atoms with E-state index in [2.05, 4.69) is 10.2 Å². The molecule has 2 aromatic rings. The minimum Gasteiger partial charge on any atom is -0.347 e. The first kappa shape index (κ1) is 7.55. The minimum absolute atomic E-state index is 0.656. The summed E-state index contributed by atoms with van der Waals surface area (Å²) in [6, 6.07) is 0. The van der Waals surface area contributed by atoms with E-state index in [0.717, 1.165) is 16.6 Å². The van der Waals surface area contributed by atoms with Crippen LogP contribution in [-0.4, -0.2) is 14.8 Å². The SMILES string of the molecule is Cc1cnnc2c(Cl)cn(C)c12. The molecule has 0 aliphatic heterocycles. The number of fused-ring (bicyclic) bond motifs is 1. The van der Waals surface area contributed by atoms with Crippen molar-refractivity contribution < 1.29 is 0 Å². The molecular weight excluding hydrogens is 174 g/mol. The smallest absolute Gasteiger partial charge is 0.130 e. The lowest BCUT2D eigenvalue weighted by molar-refractivity contribution is 0.954. The van der Waals surface area contributed by atoms with Crippen LogP contribution in [0, 0.1) is 6.92 Å². The number of aromatic nitrogens is 3. The summed E-state index contributed by atoms with van der Waals surface area (Å²) < 4.78 is 1.96. The third-order valence-corrected chi connectivity index (χ3v) is 2.17. The Morgan fingerprint density at radius 1 is 1.50 bits per heavy atom. The molecule has 0 aromatic carbocycles. The van der Waals surface area contributed by atoms with Gasteiger partial charge in [-0.2, -0.15) is 5.10 Å². The molecule has 62 valence electrons. The summed E-state index contributed by atoms with van der Waals surface area (Å²) in [4.78, 5) is 0. The summed E-state index contributed by atoms with van der Waals surface area (Å²) in [5, 5.41) is 8.45. The first-order chi connectivity index (χ1) is 5.70. The Hall–Kier alpha value is -1.09. The van der Waals surface area contributed by atoms with Crippen LogP contribution >= 0.6 is 11.6 Å². The second-order valence-electron chi connectivity index (χ2n) is 2.81. The first-order valence-corrected chi connectivity index (χ1v) is 4.01. The third-order valence-electron chi connectivity index (χ3n) is 1.89. The zero-order valence-corrected chi connectivity index (χ0v) is 7.63. The number of hydrogen-bond acceptors (Lipinski definition) is 2. The van der Waals surface area contributed by atoms with Crippen molar-refractivity contribution in [3.63, 3.8) is 0 Å². The van der Waals surface area contributed by atoms with Crippen LogP contribution in [0.3, 0.4) is 0 Å². The van der Waals surface area contributed by atoms with Crippen molar-refractivity contribution in [3.8, 4) is 0 Å². The Bertz CT molecular complexity index is 433. The van der Waals surface area contributed by atoms with Gasteiger partial charge in [0.05, 0.1) is 16.7 Å². The molecule has 0 amide bonds. The van der Waals surface area contributed by atoms with Crippen molar-refractivity contribution in [1.82, 2.24) is 14.8 Å². The summed E-state index contributed by atoms with van der Waals surface area (Å²) in [7, 11) is 1.95. The largest absolute Gasteiger partial charge is 0.347 e. The van der Waals surface area contributed by atoms with E-state index in [4.69, 9.17) is 11.6 Å². The molecule has 0 N–H and O–H groups in total. The first-order valence-electron chi connectivity index (χ1n) is 3.63. The van der Waals surface area contributed by atoms with Gasteiger partial charge < -0.3 is 4.57 Å². The lowest BCUT2D eigenvalue weighted by atomic mass is 10.3. The Labute approximate surface area is 75.0 Å². The number of hydrogen-bond donors (Lipinski definition) is 0. The topological polar surface area (TPSA) is 30.7 Å². The lowest BCUT2D eigenvalue weighted by Crippen LogP contribution is -1.90. The summed E-state index contributed by atoms with van der Waals surface area (Å²) in [5.41, 5.74) is 2.92. The molecule has 0 unspecified atom stereocenters. The predicted octanol–water partition coefficient (Wildman–Crippen LogP) is 1.93. The fourth-order valence-corrected chi connectivity index (χ4v) is 1.64. The number of aryl methyl sites for hydroxylation is 2. The maximum Gasteiger partial charge on any atom is 0.130 e. The molecule has 0 fully saturated rings. The molecule has 12 heavy (non-hydrogen) atoms. The molecule has 3 nitrogen and oxygen atoms in total. The second-order valence-corrected chi connectivity index (χ2v) is 3.22. The molecule has 0 aliphatic rings. The van der Waals surface area contributed by atoms with E-state index < -0.39 is 0 Å². The van der Waals surface area contributed by atoms with Gasteiger partial charge in [0, 0.05) is 13.2 Å². The Morgan fingerprint density at radius 3 is 2.92 bits per heavy atom. The Morgan fingerprint density at radius 2 is 2.25 bits per heavy atom. The van der Waals surface area contributed by atoms with E-state index in [0.29, 0.717) is 5.02 Å². The van der Waals surface area contributed by atoms with Crippen molar-refractivity contribution in [3.05, 3.63) is 23.0 Å². The molecule has 2 heterocycles. The maximum atomic E-state index is 5.93. The van der Waals surface area contributed by atoms with Gasteiger partial charge in [0.2, 0.25) is 0 Å². The molecule has 4 heteroatoms. The normalized spacial score (nSPS) is 10.9. The van der Waals surface area contributed by atoms with Crippen molar-refractivity contribution in [1.29, 1.82) is 0 Å². The van der Waals surface area contributed by atoms with E-state index in [-0.39, 0.29) is 0 Å². The van der Waals surface area contributed by atoms with Gasteiger partial charge in [-0.3, -0.25) is 0 Å². The van der Waals surface area contributed by atoms with E-state index >= 15 is 0 Å². The maximum absolute atomic E-state index is 5.93. The fourth-order valence-electron chi connectivity index (χ4n) is 1.37. The Balaban J connectivity index is 2.99. The highest BCUT2D eigenvalue weighted by Gasteiger charge is 2.07. The highest BCUT2D eigenvalue weighted by atomic mass is 35.5. The molecular formula is C8H8ClN3. The van der Waals surface area contributed by atoms with Gasteiger partial charge in [-0.05, 0) is 12.5 Å². The van der Waals surface area contributed by atoms with Crippen LogP contribution in [0.15, 0.2) is 12.4 Å². The average Bonchev–Trinajstić information content (AvgIpc) is 2.29. The summed E-state index contributed by atoms with van der Waals surface area (Å²) in [5.74, 6) is 0. The fraction of sp³-hybridized carbons (Fsp3) is 0.250. The van der Waals surface area contributed by atoms with Crippen LogP contribution in [0.5, 0.6) is 0 Å². The van der Waals surface area contributed by atoms with Crippen LogP contribution in [0.1, 0.15) is 5.56 Å². The predicted molar refractivity (Wildman–Crippen MR) is 48.3 cm³/mol. The van der Waals surface area contributed by atoms with Crippen molar-refractivity contribution in [2.24, 2.45) is 7.05 Å². The second kappa shape index (κ2) is 2.45. The van der Waals surface area contributed by atoms with E-state index in [9.17, 15) is 0 Å². The van der Waals surface area contributed by atoms with E-state index in [1.165, 1.54) is 0 Å². The number of halogens is 1. The van der Waals surface area contributed by atoms with Crippen molar-refractivity contribution in [2.45, 2.75) is 6.92 Å². The molecule has 0 atom stereocenters. The highest BCUT2D eigenvalue weighted by Crippen LogP contribution is 2.23. The van der Waals surface area contributed by atoms with Crippen LogP contribution in [0.2, 0.25) is 5.02 Å². The van der Waals surface area contributed by atoms with Gasteiger partial charge >= 0.3 is 0 Å². The highest BCUT2D eigenvalue weighted by molar-refractivity contribution is 6.35. The third kappa shape index (κ3) is 0.898. The summed E-state index contributed by atoms with van der Waals surface area (Å²) in [6.07, 6.45) is 3.58. The van der Waals surface area contributed by atoms with Gasteiger partial charge in [0.15, 0.2) is 0 Å². The zero-order valence-electron chi connectivity index (χ0n) is 6.87. The zero-order chi connectivity index (χ0) is 8.72. The van der Waals surface area contributed by atoms with Crippen LogP contribution in [-0.2, 0) is 7.05 Å². The summed E-state index contributed by atoms with van der Waals surface area (Å²) in [6.45, 7) is 1.99. The molecule has 2 aromatic heterocycles. The Kier molecular flexibility index (Phi) is 1.54. The van der Waals surface area contributed by atoms with Gasteiger partial charge in [-0.1, -0.05) is 11.6 Å². The number of nitrogens with zero attached hydrogens (tertiary/aromatic N) is 3. The van der Waals surface area contributed by atoms with Crippen LogP contribution < -0.4 is 0 Å². The van der Waals surface area contributed by atoms with Gasteiger partial charge in [0.25, 0.3) is 0 Å². The van der Waals surface area contributed by atoms with Crippen molar-refractivity contribution >= 4 is 22.6 Å². The number of rotatable bonds is 0. The molecule has 0 saturated carbocycles. The van der Waals surface area contributed by atoms with Crippen LogP contribution in [0.25, 0.3) is 11.0 Å². The average molecular weight is 182 g/mol. The van der Waals surface area contributed by atoms with E-state index in [1.54, 1.807) is 6.20 Å². The molecule has 0 aliphatic carbocycles. The molecule has 0 radical (unpaired) electrons. The van der Waals surface area contributed by atoms with Gasteiger partial charge in [-0.15, -0.1) is 5.10 Å². The van der Waals surface area contributed by atoms with Gasteiger partial charge in [0.1, 0.15) is 5.52 Å². The summed E-state index contributed by atoms with van der Waals surface area (Å²) >= 11 is 5.93. The molecule has 0 bridgehead atoms. The minimum atomic E-state index is 0.656. The molecule has 0 saturated heterocycles. The molecule has 0 spiro atoms. The van der Waals surface area contributed by atoms with Crippen LogP contribution in [0.4, 0.5) is 0 Å². The standard InChI is InChI=1S/C8H8ClN3/c1-5-3-10-11-7-6(9)4-12(2)8(5)7/h3-4H,1-2H3. The van der Waals surface area contributed by atoms with Gasteiger partial charge in [-0.25, -0.2) is 0 Å². The lowest BCUT2D eigenvalue weighted by Gasteiger charge is -1.97. The molecule has 2 rings (SSSR count).